The van der Waals surface area contributed by atoms with Crippen molar-refractivity contribution in [2.75, 3.05) is 7.11 Å². The molecule has 1 fully saturated rings. The lowest BCUT2D eigenvalue weighted by Crippen LogP contribution is -2.38. The molecule has 1 aliphatic carbocycles. The highest BCUT2D eigenvalue weighted by atomic mass is 32.2. The van der Waals surface area contributed by atoms with Crippen LogP contribution in [0.15, 0.2) is 29.3 Å². The first kappa shape index (κ1) is 23.2. The molecule has 0 saturated heterocycles. The van der Waals surface area contributed by atoms with Crippen molar-refractivity contribution in [3.8, 4) is 17.0 Å². The van der Waals surface area contributed by atoms with E-state index in [1.54, 1.807) is 23.5 Å². The summed E-state index contributed by atoms with van der Waals surface area (Å²) in [6, 6.07) is 5.06. The summed E-state index contributed by atoms with van der Waals surface area (Å²) in [5.41, 5.74) is 2.50. The number of aromatic nitrogens is 2. The summed E-state index contributed by atoms with van der Waals surface area (Å²) in [7, 11) is -2.33. The lowest BCUT2D eigenvalue weighted by Gasteiger charge is -2.26. The van der Waals surface area contributed by atoms with Crippen molar-refractivity contribution >= 4 is 26.3 Å². The van der Waals surface area contributed by atoms with E-state index in [9.17, 15) is 13.5 Å². The van der Waals surface area contributed by atoms with Gasteiger partial charge in [-0.15, -0.1) is 11.3 Å². The highest BCUT2D eigenvalue weighted by Gasteiger charge is 2.28. The first-order valence-electron chi connectivity index (χ1n) is 10.9. The van der Waals surface area contributed by atoms with Crippen molar-refractivity contribution in [2.24, 2.45) is 0 Å². The van der Waals surface area contributed by atoms with Crippen LogP contribution in [0, 0.1) is 6.92 Å². The van der Waals surface area contributed by atoms with Crippen LogP contribution in [0.1, 0.15) is 57.0 Å². The summed E-state index contributed by atoms with van der Waals surface area (Å²) in [6.45, 7) is 8.44. The number of fused-ring (bicyclic) bond motifs is 1. The summed E-state index contributed by atoms with van der Waals surface area (Å²) in [6.07, 6.45) is 4.20. The largest absolute Gasteiger partial charge is 0.495 e. The molecule has 1 aliphatic rings. The SMILES string of the molecule is COc1ccc(-c2c(C)nc3sc(C(C)(C)C)cn23)cc1S(=O)(=O)N[C@H]1CC[C@@H](O)CC1. The van der Waals surface area contributed by atoms with E-state index in [0.29, 0.717) is 31.4 Å². The molecule has 0 spiro atoms. The second-order valence-electron chi connectivity index (χ2n) is 9.54. The Hall–Kier alpha value is -1.94. The number of aliphatic hydroxyl groups excluding tert-OH is 1. The normalized spacial score (nSPS) is 20.1. The molecular weight excluding hydrogens is 446 g/mol. The van der Waals surface area contributed by atoms with Gasteiger partial charge in [-0.3, -0.25) is 4.40 Å². The minimum Gasteiger partial charge on any atom is -0.495 e. The average Bonchev–Trinajstić information content (AvgIpc) is 3.26. The molecular formula is C23H31N3O4S2. The van der Waals surface area contributed by atoms with Crippen molar-refractivity contribution in [1.29, 1.82) is 0 Å². The van der Waals surface area contributed by atoms with Gasteiger partial charge in [0.2, 0.25) is 10.0 Å². The van der Waals surface area contributed by atoms with Gasteiger partial charge in [-0.05, 0) is 56.2 Å². The van der Waals surface area contributed by atoms with Gasteiger partial charge >= 0.3 is 0 Å². The smallest absolute Gasteiger partial charge is 0.244 e. The zero-order chi connectivity index (χ0) is 23.3. The Balaban J connectivity index is 1.75. The molecule has 2 N–H and O–H groups in total. The molecule has 174 valence electrons. The summed E-state index contributed by atoms with van der Waals surface area (Å²) in [5, 5.41) is 9.73. The van der Waals surface area contributed by atoms with Gasteiger partial charge in [0, 0.05) is 22.7 Å². The van der Waals surface area contributed by atoms with Crippen LogP contribution < -0.4 is 9.46 Å². The Morgan fingerprint density at radius 1 is 1.22 bits per heavy atom. The first-order valence-corrected chi connectivity index (χ1v) is 13.2. The number of nitrogens with zero attached hydrogens (tertiary/aromatic N) is 2. The maximum atomic E-state index is 13.3. The molecule has 7 nitrogen and oxygen atoms in total. The molecule has 0 unspecified atom stereocenters. The fraction of sp³-hybridized carbons (Fsp3) is 0.522. The second kappa shape index (κ2) is 8.44. The topological polar surface area (TPSA) is 92.9 Å². The molecule has 3 aromatic rings. The summed E-state index contributed by atoms with van der Waals surface area (Å²) in [5.74, 6) is 0.302. The Labute approximate surface area is 193 Å². The van der Waals surface area contributed by atoms with E-state index in [2.05, 4.69) is 36.1 Å². The minimum atomic E-state index is -3.80. The van der Waals surface area contributed by atoms with Crippen LogP contribution in [-0.2, 0) is 15.4 Å². The van der Waals surface area contributed by atoms with Gasteiger partial charge < -0.3 is 9.84 Å². The zero-order valence-corrected chi connectivity index (χ0v) is 20.8. The van der Waals surface area contributed by atoms with Crippen LogP contribution in [-0.4, -0.2) is 42.2 Å². The van der Waals surface area contributed by atoms with Gasteiger partial charge in [-0.1, -0.05) is 20.8 Å². The van der Waals surface area contributed by atoms with Crippen molar-refractivity contribution in [2.45, 2.75) is 75.8 Å². The Kier molecular flexibility index (Phi) is 6.13. The van der Waals surface area contributed by atoms with Gasteiger partial charge in [0.05, 0.1) is 24.6 Å². The number of benzene rings is 1. The number of imidazole rings is 1. The number of methoxy groups -OCH3 is 1. The van der Waals surface area contributed by atoms with Crippen LogP contribution in [0.2, 0.25) is 0 Å². The monoisotopic (exact) mass is 477 g/mol. The summed E-state index contributed by atoms with van der Waals surface area (Å²) < 4.78 is 36.9. The van der Waals surface area contributed by atoms with Gasteiger partial charge in [0.15, 0.2) is 4.96 Å². The van der Waals surface area contributed by atoms with Crippen LogP contribution in [0.4, 0.5) is 0 Å². The summed E-state index contributed by atoms with van der Waals surface area (Å²) >= 11 is 1.65. The molecule has 2 aromatic heterocycles. The number of sulfonamides is 1. The number of aryl methyl sites for hydroxylation is 1. The lowest BCUT2D eigenvalue weighted by molar-refractivity contribution is 0.120. The molecule has 32 heavy (non-hydrogen) atoms. The maximum absolute atomic E-state index is 13.3. The first-order chi connectivity index (χ1) is 15.0. The predicted octanol–water partition coefficient (Wildman–Crippen LogP) is 4.26. The molecule has 1 aromatic carbocycles. The third-order valence-corrected chi connectivity index (χ3v) is 8.93. The lowest BCUT2D eigenvalue weighted by atomic mass is 9.94. The van der Waals surface area contributed by atoms with Crippen molar-refractivity contribution in [3.05, 3.63) is 35.0 Å². The number of thiazole rings is 1. The molecule has 4 rings (SSSR count). The highest BCUT2D eigenvalue weighted by molar-refractivity contribution is 7.89. The van der Waals surface area contributed by atoms with Gasteiger partial charge in [-0.2, -0.15) is 0 Å². The van der Waals surface area contributed by atoms with Gasteiger partial charge in [-0.25, -0.2) is 18.1 Å². The van der Waals surface area contributed by atoms with Gasteiger partial charge in [0.25, 0.3) is 0 Å². The molecule has 0 aliphatic heterocycles. The Morgan fingerprint density at radius 3 is 2.53 bits per heavy atom. The molecule has 2 heterocycles. The molecule has 0 radical (unpaired) electrons. The third-order valence-electron chi connectivity index (χ3n) is 5.98. The number of aliphatic hydroxyl groups is 1. The van der Waals surface area contributed by atoms with Crippen LogP contribution >= 0.6 is 11.3 Å². The molecule has 0 amide bonds. The minimum absolute atomic E-state index is 0.00242. The number of ether oxygens (including phenoxy) is 1. The fourth-order valence-corrected chi connectivity index (χ4v) is 6.75. The molecule has 9 heteroatoms. The van der Waals surface area contributed by atoms with E-state index in [-0.39, 0.29) is 22.5 Å². The standard InChI is InChI=1S/C23H31N3O4S2/c1-14-21(26-13-20(23(2,3)4)31-22(26)24-14)15-6-11-18(30-5)19(12-15)32(28,29)25-16-7-9-17(27)10-8-16/h6,11-13,16-17,25,27H,7-10H2,1-5H3/t16-,17+. The zero-order valence-electron chi connectivity index (χ0n) is 19.2. The van der Waals surface area contributed by atoms with Crippen molar-refractivity contribution in [3.63, 3.8) is 0 Å². The third kappa shape index (κ3) is 4.44. The Morgan fingerprint density at radius 2 is 1.91 bits per heavy atom. The molecule has 1 saturated carbocycles. The number of hydrogen-bond donors (Lipinski definition) is 2. The number of rotatable bonds is 5. The average molecular weight is 478 g/mol. The second-order valence-corrected chi connectivity index (χ2v) is 12.2. The van der Waals surface area contributed by atoms with Crippen LogP contribution in [0.5, 0.6) is 5.75 Å². The fourth-order valence-electron chi connectivity index (χ4n) is 4.16. The van der Waals surface area contributed by atoms with E-state index in [1.165, 1.54) is 12.0 Å². The van der Waals surface area contributed by atoms with Crippen molar-refractivity contribution < 1.29 is 18.3 Å². The maximum Gasteiger partial charge on any atom is 0.244 e. The van der Waals surface area contributed by atoms with E-state index in [0.717, 1.165) is 21.9 Å². The van der Waals surface area contributed by atoms with Gasteiger partial charge in [0.1, 0.15) is 10.6 Å². The Bertz CT molecular complexity index is 1230. The number of nitrogens with one attached hydrogen (secondary N) is 1. The quantitative estimate of drug-likeness (QED) is 0.573. The summed E-state index contributed by atoms with van der Waals surface area (Å²) in [4.78, 5) is 6.94. The molecule has 0 bridgehead atoms. The van der Waals surface area contributed by atoms with E-state index < -0.39 is 10.0 Å². The predicted molar refractivity (Wildman–Crippen MR) is 127 cm³/mol. The van der Waals surface area contributed by atoms with Crippen molar-refractivity contribution in [1.82, 2.24) is 14.1 Å². The van der Waals surface area contributed by atoms with E-state index >= 15 is 0 Å². The highest BCUT2D eigenvalue weighted by Crippen LogP contribution is 2.36. The molecule has 0 atom stereocenters. The van der Waals surface area contributed by atoms with E-state index in [4.69, 9.17) is 9.72 Å². The number of hydrogen-bond acceptors (Lipinski definition) is 6. The van der Waals surface area contributed by atoms with E-state index in [1.807, 2.05) is 13.0 Å². The van der Waals surface area contributed by atoms with Crippen LogP contribution in [0.25, 0.3) is 16.2 Å². The van der Waals surface area contributed by atoms with Crippen LogP contribution in [0.3, 0.4) is 0 Å².